The number of hydrogen-bond donors (Lipinski definition) is 3. The smallest absolute Gasteiger partial charge is 0.407 e. The van der Waals surface area contributed by atoms with E-state index in [1.54, 1.807) is 6.07 Å². The van der Waals surface area contributed by atoms with Crippen LogP contribution < -0.4 is 10.6 Å². The van der Waals surface area contributed by atoms with Crippen LogP contribution in [0.25, 0.3) is 11.1 Å². The lowest BCUT2D eigenvalue weighted by Gasteiger charge is -2.14. The molecule has 0 spiro atoms. The van der Waals surface area contributed by atoms with Crippen LogP contribution in [-0.4, -0.2) is 36.2 Å². The molecule has 2 aliphatic carbocycles. The molecule has 0 saturated heterocycles. The van der Waals surface area contributed by atoms with Crippen LogP contribution in [0.2, 0.25) is 0 Å². The molecule has 2 aliphatic rings. The number of alkyl carbamates (subject to hydrolysis) is 1. The van der Waals surface area contributed by atoms with Crippen molar-refractivity contribution in [1.29, 1.82) is 0 Å². The average Bonchev–Trinajstić information content (AvgIpc) is 3.58. The Hall–Kier alpha value is -4.13. The summed E-state index contributed by atoms with van der Waals surface area (Å²) in [6.45, 7) is 2.40. The second kappa shape index (κ2) is 9.25. The zero-order chi connectivity index (χ0) is 24.5. The molecule has 2 unspecified atom stereocenters. The molecule has 178 valence electrons. The number of ether oxygens (including phenoxy) is 1. The van der Waals surface area contributed by atoms with Crippen LogP contribution in [0, 0.1) is 18.8 Å². The molecule has 3 aromatic carbocycles. The van der Waals surface area contributed by atoms with Gasteiger partial charge < -0.3 is 20.5 Å². The van der Waals surface area contributed by atoms with Crippen molar-refractivity contribution in [3.05, 3.63) is 89.0 Å². The number of aryl methyl sites for hydroxylation is 1. The molecule has 0 radical (unpaired) electrons. The fourth-order valence-electron chi connectivity index (χ4n) is 4.77. The van der Waals surface area contributed by atoms with E-state index in [0.29, 0.717) is 18.7 Å². The van der Waals surface area contributed by atoms with E-state index in [-0.39, 0.29) is 35.8 Å². The van der Waals surface area contributed by atoms with Crippen LogP contribution >= 0.6 is 0 Å². The van der Waals surface area contributed by atoms with Gasteiger partial charge in [0.2, 0.25) is 5.91 Å². The van der Waals surface area contributed by atoms with E-state index in [9.17, 15) is 14.4 Å². The molecule has 3 N–H and O–H groups in total. The van der Waals surface area contributed by atoms with Gasteiger partial charge in [0.1, 0.15) is 6.61 Å². The molecule has 5 rings (SSSR count). The van der Waals surface area contributed by atoms with Gasteiger partial charge in [-0.05, 0) is 59.2 Å². The molecule has 35 heavy (non-hydrogen) atoms. The van der Waals surface area contributed by atoms with Crippen LogP contribution in [0.5, 0.6) is 0 Å². The molecular weight excluding hydrogens is 444 g/mol. The molecule has 2 atom stereocenters. The highest BCUT2D eigenvalue weighted by Gasteiger charge is 2.43. The Morgan fingerprint density at radius 1 is 0.971 bits per heavy atom. The van der Waals surface area contributed by atoms with Gasteiger partial charge >= 0.3 is 12.1 Å². The monoisotopic (exact) mass is 470 g/mol. The third kappa shape index (κ3) is 4.62. The lowest BCUT2D eigenvalue weighted by atomic mass is 9.98. The first-order valence-corrected chi connectivity index (χ1v) is 11.7. The molecule has 1 saturated carbocycles. The SMILES string of the molecule is Cc1ccc(C(=O)O)cc1NC(=O)C1CC1CNC(=O)OCC1c2ccccc2-c2ccccc21. The number of nitrogens with one attached hydrogen (secondary N) is 2. The maximum absolute atomic E-state index is 12.6. The first kappa shape index (κ1) is 22.7. The number of carboxylic acid groups (broad SMARTS) is 1. The highest BCUT2D eigenvalue weighted by Crippen LogP contribution is 2.44. The Balaban J connectivity index is 1.11. The van der Waals surface area contributed by atoms with Crippen molar-refractivity contribution < 1.29 is 24.2 Å². The third-order valence-corrected chi connectivity index (χ3v) is 6.85. The fourth-order valence-corrected chi connectivity index (χ4v) is 4.77. The number of hydrogen-bond acceptors (Lipinski definition) is 4. The molecule has 7 nitrogen and oxygen atoms in total. The van der Waals surface area contributed by atoms with Gasteiger partial charge in [-0.25, -0.2) is 9.59 Å². The predicted molar refractivity (Wildman–Crippen MR) is 131 cm³/mol. The summed E-state index contributed by atoms with van der Waals surface area (Å²) in [5.41, 5.74) is 6.06. The number of rotatable bonds is 7. The maximum atomic E-state index is 12.6. The Morgan fingerprint density at radius 2 is 1.63 bits per heavy atom. The van der Waals surface area contributed by atoms with Crippen molar-refractivity contribution in [3.63, 3.8) is 0 Å². The lowest BCUT2D eigenvalue weighted by molar-refractivity contribution is -0.117. The Kier molecular flexibility index (Phi) is 5.99. The topological polar surface area (TPSA) is 105 Å². The van der Waals surface area contributed by atoms with Crippen LogP contribution in [0.3, 0.4) is 0 Å². The summed E-state index contributed by atoms with van der Waals surface area (Å²) in [5.74, 6) is -1.42. The molecule has 2 amide bonds. The minimum atomic E-state index is -1.04. The summed E-state index contributed by atoms with van der Waals surface area (Å²) >= 11 is 0. The number of carbonyl (C=O) groups is 3. The van der Waals surface area contributed by atoms with E-state index in [2.05, 4.69) is 34.9 Å². The van der Waals surface area contributed by atoms with Crippen molar-refractivity contribution in [2.75, 3.05) is 18.5 Å². The summed E-state index contributed by atoms with van der Waals surface area (Å²) in [6.07, 6.45) is 0.163. The Morgan fingerprint density at radius 3 is 2.29 bits per heavy atom. The molecule has 7 heteroatoms. The van der Waals surface area contributed by atoms with Crippen LogP contribution in [-0.2, 0) is 9.53 Å². The molecular formula is C28H26N2O5. The summed E-state index contributed by atoms with van der Waals surface area (Å²) in [5, 5.41) is 14.8. The minimum absolute atomic E-state index is 0.00240. The van der Waals surface area contributed by atoms with Crippen molar-refractivity contribution >= 4 is 23.7 Å². The van der Waals surface area contributed by atoms with E-state index >= 15 is 0 Å². The number of aromatic carboxylic acids is 1. The number of anilines is 1. The second-order valence-corrected chi connectivity index (χ2v) is 9.13. The number of fused-ring (bicyclic) bond motifs is 3. The fraction of sp³-hybridized carbons (Fsp3) is 0.250. The van der Waals surface area contributed by atoms with Gasteiger partial charge in [0.15, 0.2) is 0 Å². The Bertz CT molecular complexity index is 1270. The molecule has 3 aromatic rings. The van der Waals surface area contributed by atoms with Crippen molar-refractivity contribution in [3.8, 4) is 11.1 Å². The van der Waals surface area contributed by atoms with E-state index in [1.165, 1.54) is 23.3 Å². The predicted octanol–water partition coefficient (Wildman–Crippen LogP) is 4.81. The molecule has 0 heterocycles. The number of carbonyl (C=O) groups excluding carboxylic acids is 2. The summed E-state index contributed by atoms with van der Waals surface area (Å²) in [4.78, 5) is 36.2. The number of benzene rings is 3. The Labute approximate surface area is 203 Å². The molecule has 1 fully saturated rings. The molecule has 0 aromatic heterocycles. The first-order chi connectivity index (χ1) is 16.9. The largest absolute Gasteiger partial charge is 0.478 e. The first-order valence-electron chi connectivity index (χ1n) is 11.7. The number of amides is 2. The van der Waals surface area contributed by atoms with Gasteiger partial charge in [-0.3, -0.25) is 4.79 Å². The highest BCUT2D eigenvalue weighted by molar-refractivity contribution is 5.97. The van der Waals surface area contributed by atoms with Gasteiger partial charge in [-0.2, -0.15) is 0 Å². The standard InChI is InChI=1S/C28H26N2O5/c1-16-10-11-17(27(32)33)13-25(16)30-26(31)23-12-18(23)14-29-28(34)35-15-24-21-8-4-2-6-19(21)20-7-3-5-9-22(20)24/h2-11,13,18,23-24H,12,14-15H2,1H3,(H,29,34)(H,30,31)(H,32,33). The van der Waals surface area contributed by atoms with Crippen molar-refractivity contribution in [2.45, 2.75) is 19.3 Å². The highest BCUT2D eigenvalue weighted by atomic mass is 16.5. The number of carboxylic acids is 1. The van der Waals surface area contributed by atoms with E-state index in [0.717, 1.165) is 16.7 Å². The zero-order valence-corrected chi connectivity index (χ0v) is 19.3. The van der Waals surface area contributed by atoms with Crippen molar-refractivity contribution in [2.24, 2.45) is 11.8 Å². The second-order valence-electron chi connectivity index (χ2n) is 9.13. The van der Waals surface area contributed by atoms with Gasteiger partial charge in [-0.15, -0.1) is 0 Å². The molecule has 0 aliphatic heterocycles. The van der Waals surface area contributed by atoms with Crippen LogP contribution in [0.4, 0.5) is 10.5 Å². The van der Waals surface area contributed by atoms with Crippen LogP contribution in [0.15, 0.2) is 66.7 Å². The lowest BCUT2D eigenvalue weighted by Crippen LogP contribution is -2.29. The van der Waals surface area contributed by atoms with Crippen LogP contribution in [0.1, 0.15) is 39.4 Å². The van der Waals surface area contributed by atoms with E-state index in [1.807, 2.05) is 31.2 Å². The minimum Gasteiger partial charge on any atom is -0.478 e. The zero-order valence-electron chi connectivity index (χ0n) is 19.3. The molecule has 0 bridgehead atoms. The van der Waals surface area contributed by atoms with Gasteiger partial charge in [0, 0.05) is 24.1 Å². The quantitative estimate of drug-likeness (QED) is 0.460. The van der Waals surface area contributed by atoms with Gasteiger partial charge in [0.25, 0.3) is 0 Å². The van der Waals surface area contributed by atoms with E-state index in [4.69, 9.17) is 9.84 Å². The van der Waals surface area contributed by atoms with Gasteiger partial charge in [-0.1, -0.05) is 54.6 Å². The maximum Gasteiger partial charge on any atom is 0.407 e. The summed E-state index contributed by atoms with van der Waals surface area (Å²) < 4.78 is 5.55. The summed E-state index contributed by atoms with van der Waals surface area (Å²) in [7, 11) is 0. The third-order valence-electron chi connectivity index (χ3n) is 6.85. The summed E-state index contributed by atoms with van der Waals surface area (Å²) in [6, 6.07) is 21.0. The van der Waals surface area contributed by atoms with Crippen molar-refractivity contribution in [1.82, 2.24) is 5.32 Å². The normalized spacial score (nSPS) is 17.7. The van der Waals surface area contributed by atoms with Gasteiger partial charge in [0.05, 0.1) is 5.56 Å². The van der Waals surface area contributed by atoms with E-state index < -0.39 is 12.1 Å². The average molecular weight is 471 g/mol.